The fraction of sp³-hybridized carbons (Fsp3) is 0.174. The van der Waals surface area contributed by atoms with Gasteiger partial charge in [-0.25, -0.2) is 16.8 Å². The first kappa shape index (κ1) is 27.5. The third-order valence-corrected chi connectivity index (χ3v) is 9.17. The van der Waals surface area contributed by atoms with E-state index in [1.165, 1.54) is 56.5 Å². The van der Waals surface area contributed by atoms with E-state index in [-0.39, 0.29) is 26.1 Å². The molecular formula is C23H19ClF3NO6S2. The van der Waals surface area contributed by atoms with Crippen molar-refractivity contribution in [3.63, 3.8) is 0 Å². The molecule has 36 heavy (non-hydrogen) atoms. The lowest BCUT2D eigenvalue weighted by Crippen LogP contribution is -2.38. The summed E-state index contributed by atoms with van der Waals surface area (Å²) >= 11 is 5.83. The Labute approximate surface area is 210 Å². The number of alkyl halides is 3. The number of nitrogens with one attached hydrogen (secondary N) is 1. The highest BCUT2D eigenvalue weighted by molar-refractivity contribution is 7.94. The lowest BCUT2D eigenvalue weighted by Gasteiger charge is -2.16. The lowest BCUT2D eigenvalue weighted by molar-refractivity contribution is -0.174. The fourth-order valence-corrected chi connectivity index (χ4v) is 6.67. The molecular weight excluding hydrogens is 543 g/mol. The largest absolute Gasteiger partial charge is 0.497 e. The number of carbonyl (C=O) groups is 1. The summed E-state index contributed by atoms with van der Waals surface area (Å²) in [7, 11) is -7.45. The minimum Gasteiger partial charge on any atom is -0.497 e. The van der Waals surface area contributed by atoms with Gasteiger partial charge >= 0.3 is 12.1 Å². The van der Waals surface area contributed by atoms with Gasteiger partial charge in [0.05, 0.1) is 32.7 Å². The van der Waals surface area contributed by atoms with Crippen LogP contribution in [-0.2, 0) is 24.5 Å². The molecule has 1 atom stereocenters. The van der Waals surface area contributed by atoms with Crippen molar-refractivity contribution in [3.05, 3.63) is 77.3 Å². The molecule has 0 fully saturated rings. The number of rotatable bonds is 7. The van der Waals surface area contributed by atoms with Crippen molar-refractivity contribution in [1.29, 1.82) is 0 Å². The molecule has 0 aliphatic rings. The number of methoxy groups -OCH3 is 1. The number of hydrogen-bond acceptors (Lipinski definition) is 6. The van der Waals surface area contributed by atoms with Crippen molar-refractivity contribution >= 4 is 37.2 Å². The van der Waals surface area contributed by atoms with Crippen molar-refractivity contribution < 1.29 is 39.5 Å². The molecule has 0 saturated heterocycles. The highest BCUT2D eigenvalue weighted by Gasteiger charge is 2.39. The number of sulfone groups is 2. The molecule has 1 N–H and O–H groups in total. The maximum Gasteiger partial charge on any atom is 0.471 e. The monoisotopic (exact) mass is 561 g/mol. The van der Waals surface area contributed by atoms with Crippen LogP contribution in [0.2, 0.25) is 5.02 Å². The van der Waals surface area contributed by atoms with E-state index >= 15 is 0 Å². The molecule has 0 saturated carbocycles. The predicted molar refractivity (Wildman–Crippen MR) is 124 cm³/mol. The van der Waals surface area contributed by atoms with Gasteiger partial charge in [0.1, 0.15) is 5.75 Å². The zero-order valence-corrected chi connectivity index (χ0v) is 21.1. The van der Waals surface area contributed by atoms with Crippen LogP contribution in [0.3, 0.4) is 0 Å². The van der Waals surface area contributed by atoms with Crippen LogP contribution in [0.25, 0.3) is 0 Å². The van der Waals surface area contributed by atoms with E-state index in [0.717, 1.165) is 24.3 Å². The number of carbonyl (C=O) groups excluding carboxylic acids is 1. The maximum absolute atomic E-state index is 13.4. The third kappa shape index (κ3) is 5.66. The van der Waals surface area contributed by atoms with Gasteiger partial charge in [0.2, 0.25) is 19.7 Å². The number of amides is 1. The zero-order valence-electron chi connectivity index (χ0n) is 18.7. The molecule has 7 nitrogen and oxygen atoms in total. The third-order valence-electron chi connectivity index (χ3n) is 5.15. The van der Waals surface area contributed by atoms with Crippen molar-refractivity contribution in [2.75, 3.05) is 7.11 Å². The Bertz CT molecular complexity index is 1490. The van der Waals surface area contributed by atoms with Crippen molar-refractivity contribution in [3.8, 4) is 5.75 Å². The highest BCUT2D eigenvalue weighted by Crippen LogP contribution is 2.34. The van der Waals surface area contributed by atoms with Crippen LogP contribution >= 0.6 is 11.6 Å². The quantitative estimate of drug-likeness (QED) is 0.446. The molecule has 0 unspecified atom stereocenters. The first-order chi connectivity index (χ1) is 16.7. The lowest BCUT2D eigenvalue weighted by atomic mass is 10.1. The first-order valence-corrected chi connectivity index (χ1v) is 13.4. The fourth-order valence-electron chi connectivity index (χ4n) is 3.21. The van der Waals surface area contributed by atoms with Gasteiger partial charge in [0, 0.05) is 11.1 Å². The van der Waals surface area contributed by atoms with E-state index in [4.69, 9.17) is 16.3 Å². The van der Waals surface area contributed by atoms with Crippen molar-refractivity contribution in [1.82, 2.24) is 5.32 Å². The average Bonchev–Trinajstić information content (AvgIpc) is 2.83. The van der Waals surface area contributed by atoms with Gasteiger partial charge in [-0.3, -0.25) is 4.79 Å². The first-order valence-electron chi connectivity index (χ1n) is 10.1. The van der Waals surface area contributed by atoms with Crippen LogP contribution < -0.4 is 10.1 Å². The summed E-state index contributed by atoms with van der Waals surface area (Å²) in [4.78, 5) is 9.62. The van der Waals surface area contributed by atoms with Gasteiger partial charge in [0.15, 0.2) is 0 Å². The Morgan fingerprint density at radius 2 is 1.36 bits per heavy atom. The molecule has 0 spiro atoms. The second-order valence-corrected chi connectivity index (χ2v) is 11.8. The molecule has 0 heterocycles. The van der Waals surface area contributed by atoms with E-state index in [1.807, 2.05) is 0 Å². The van der Waals surface area contributed by atoms with Crippen LogP contribution in [0.5, 0.6) is 5.75 Å². The summed E-state index contributed by atoms with van der Waals surface area (Å²) in [5.74, 6) is -2.03. The summed E-state index contributed by atoms with van der Waals surface area (Å²) in [6.45, 7) is 1.30. The van der Waals surface area contributed by atoms with Crippen LogP contribution in [0.4, 0.5) is 13.2 Å². The molecule has 3 aromatic carbocycles. The van der Waals surface area contributed by atoms with Crippen LogP contribution in [0, 0.1) is 0 Å². The summed E-state index contributed by atoms with van der Waals surface area (Å²) in [6, 6.07) is 12.2. The molecule has 3 rings (SSSR count). The molecule has 0 aliphatic carbocycles. The number of benzene rings is 3. The normalized spacial score (nSPS) is 13.2. The van der Waals surface area contributed by atoms with E-state index < -0.39 is 47.6 Å². The Morgan fingerprint density at radius 3 is 1.86 bits per heavy atom. The van der Waals surface area contributed by atoms with E-state index in [1.54, 1.807) is 5.32 Å². The van der Waals surface area contributed by atoms with Gasteiger partial charge in [0.25, 0.3) is 0 Å². The topological polar surface area (TPSA) is 107 Å². The highest BCUT2D eigenvalue weighted by atomic mass is 35.5. The van der Waals surface area contributed by atoms with Gasteiger partial charge in [-0.2, -0.15) is 13.2 Å². The standard InChI is InChI=1S/C23H19ClF3NO6S2/c1-14(28-22(29)23(25,26)27)15-3-8-18(9-4-15)35(30,31)20-12-7-17(34-2)13-21(20)36(32,33)19-10-5-16(24)6-11-19/h3-14H,1-2H3,(H,28,29)/t14-/m0/s1. The van der Waals surface area contributed by atoms with Gasteiger partial charge in [-0.15, -0.1) is 0 Å². The summed E-state index contributed by atoms with van der Waals surface area (Å²) in [6.07, 6.45) is -5.07. The van der Waals surface area contributed by atoms with Crippen molar-refractivity contribution in [2.45, 2.75) is 38.7 Å². The second kappa shape index (κ2) is 10.1. The Morgan fingerprint density at radius 1 is 0.861 bits per heavy atom. The minimum absolute atomic E-state index is 0.103. The van der Waals surface area contributed by atoms with E-state index in [2.05, 4.69) is 0 Å². The predicted octanol–water partition coefficient (Wildman–Crippen LogP) is 4.75. The second-order valence-electron chi connectivity index (χ2n) is 7.54. The summed E-state index contributed by atoms with van der Waals surface area (Å²) in [5, 5.41) is 2.06. The Kier molecular flexibility index (Phi) is 7.72. The zero-order chi connectivity index (χ0) is 26.9. The van der Waals surface area contributed by atoms with Gasteiger partial charge in [-0.1, -0.05) is 23.7 Å². The minimum atomic E-state index is -5.07. The Hall–Kier alpha value is -3.09. The summed E-state index contributed by atoms with van der Waals surface area (Å²) < 4.78 is 96.2. The molecule has 13 heteroatoms. The Balaban J connectivity index is 2.04. The van der Waals surface area contributed by atoms with Gasteiger partial charge in [-0.05, 0) is 61.0 Å². The molecule has 0 aromatic heterocycles. The summed E-state index contributed by atoms with van der Waals surface area (Å²) in [5.41, 5.74) is 0.204. The van der Waals surface area contributed by atoms with E-state index in [9.17, 15) is 34.8 Å². The van der Waals surface area contributed by atoms with Crippen LogP contribution in [-0.4, -0.2) is 36.0 Å². The molecule has 192 valence electrons. The van der Waals surface area contributed by atoms with E-state index in [0.29, 0.717) is 0 Å². The number of halogens is 4. The van der Waals surface area contributed by atoms with Crippen LogP contribution in [0.15, 0.2) is 86.3 Å². The molecule has 0 aliphatic heterocycles. The van der Waals surface area contributed by atoms with Crippen LogP contribution in [0.1, 0.15) is 18.5 Å². The number of hydrogen-bond donors (Lipinski definition) is 1. The average molecular weight is 562 g/mol. The molecule has 0 bridgehead atoms. The smallest absolute Gasteiger partial charge is 0.471 e. The maximum atomic E-state index is 13.4. The molecule has 1 amide bonds. The number of ether oxygens (including phenoxy) is 1. The SMILES string of the molecule is COc1ccc(S(=O)(=O)c2ccc([C@H](C)NC(=O)C(F)(F)F)cc2)c(S(=O)(=O)c2ccc(Cl)cc2)c1. The van der Waals surface area contributed by atoms with Crippen molar-refractivity contribution in [2.24, 2.45) is 0 Å². The molecule has 3 aromatic rings. The van der Waals surface area contributed by atoms with Gasteiger partial charge < -0.3 is 10.1 Å². The molecule has 0 radical (unpaired) electrons.